The molecule has 118 valence electrons. The van der Waals surface area contributed by atoms with Crippen LogP contribution in [0.5, 0.6) is 0 Å². The van der Waals surface area contributed by atoms with Crippen molar-refractivity contribution in [1.82, 2.24) is 4.98 Å². The predicted octanol–water partition coefficient (Wildman–Crippen LogP) is 2.23. The molecule has 0 unspecified atom stereocenters. The maximum atomic E-state index is 12.3. The summed E-state index contributed by atoms with van der Waals surface area (Å²) < 4.78 is 23.7. The Labute approximate surface area is 126 Å². The quantitative estimate of drug-likeness (QED) is 0.891. The number of aromatic nitrogens is 1. The Hall–Kier alpha value is -1.14. The molecule has 0 saturated heterocycles. The average molecular weight is 312 g/mol. The zero-order valence-electron chi connectivity index (χ0n) is 12.8. The zero-order valence-corrected chi connectivity index (χ0v) is 13.7. The Bertz CT molecular complexity index is 576. The van der Waals surface area contributed by atoms with Gasteiger partial charge in [0.1, 0.15) is 0 Å². The summed E-state index contributed by atoms with van der Waals surface area (Å²) in [5, 5.41) is 12.8. The molecule has 1 heterocycles. The molecule has 1 aliphatic rings. The second-order valence-electron chi connectivity index (χ2n) is 6.63. The lowest BCUT2D eigenvalue weighted by atomic mass is 10.1. The first-order valence-corrected chi connectivity index (χ1v) is 8.82. The van der Waals surface area contributed by atoms with Gasteiger partial charge in [0, 0.05) is 18.6 Å². The van der Waals surface area contributed by atoms with Gasteiger partial charge in [0.2, 0.25) is 0 Å². The van der Waals surface area contributed by atoms with Crippen LogP contribution in [0, 0.1) is 5.92 Å². The highest BCUT2D eigenvalue weighted by atomic mass is 32.2. The van der Waals surface area contributed by atoms with Crippen molar-refractivity contribution in [3.8, 4) is 0 Å². The summed E-state index contributed by atoms with van der Waals surface area (Å²) in [4.78, 5) is 4.10. The van der Waals surface area contributed by atoms with Gasteiger partial charge in [-0.15, -0.1) is 0 Å². The highest BCUT2D eigenvalue weighted by Gasteiger charge is 2.32. The van der Waals surface area contributed by atoms with Crippen molar-refractivity contribution >= 4 is 15.5 Å². The molecule has 1 fully saturated rings. The summed E-state index contributed by atoms with van der Waals surface area (Å²) >= 11 is 0. The van der Waals surface area contributed by atoms with Crippen molar-refractivity contribution in [2.24, 2.45) is 5.92 Å². The molecule has 2 rings (SSSR count). The summed E-state index contributed by atoms with van der Waals surface area (Å²) in [6, 6.07) is 3.53. The third kappa shape index (κ3) is 3.37. The van der Waals surface area contributed by atoms with Gasteiger partial charge in [-0.05, 0) is 45.7 Å². The summed E-state index contributed by atoms with van der Waals surface area (Å²) in [7, 11) is -3.41. The van der Waals surface area contributed by atoms with Crippen molar-refractivity contribution < 1.29 is 13.5 Å². The van der Waals surface area contributed by atoms with E-state index >= 15 is 0 Å². The van der Waals surface area contributed by atoms with Crippen LogP contribution in [0.4, 0.5) is 5.69 Å². The number of hydrogen-bond acceptors (Lipinski definition) is 5. The standard InChI is InChI=1S/C15H24N2O3S/c1-15(2,3)21(19,20)14-8-7-12(9-16-14)17-13-6-4-5-11(13)10-18/h7-9,11,13,17-18H,4-6,10H2,1-3H3/t11-,13-/m1/s1. The Morgan fingerprint density at radius 2 is 2.05 bits per heavy atom. The van der Waals surface area contributed by atoms with E-state index in [1.165, 1.54) is 0 Å². The highest BCUT2D eigenvalue weighted by Crippen LogP contribution is 2.29. The van der Waals surface area contributed by atoms with Crippen LogP contribution in [-0.2, 0) is 9.84 Å². The van der Waals surface area contributed by atoms with E-state index in [2.05, 4.69) is 10.3 Å². The van der Waals surface area contributed by atoms with Crippen molar-refractivity contribution in [2.75, 3.05) is 11.9 Å². The normalized spacial score (nSPS) is 23.2. The Morgan fingerprint density at radius 3 is 2.57 bits per heavy atom. The van der Waals surface area contributed by atoms with Gasteiger partial charge >= 0.3 is 0 Å². The third-order valence-corrected chi connectivity index (χ3v) is 6.47. The van der Waals surface area contributed by atoms with E-state index < -0.39 is 14.6 Å². The molecule has 2 atom stereocenters. The molecule has 6 heteroatoms. The molecule has 5 nitrogen and oxygen atoms in total. The molecule has 0 amide bonds. The van der Waals surface area contributed by atoms with Crippen LogP contribution in [0.25, 0.3) is 0 Å². The van der Waals surface area contributed by atoms with Crippen LogP contribution in [0.2, 0.25) is 0 Å². The van der Waals surface area contributed by atoms with Crippen LogP contribution >= 0.6 is 0 Å². The molecule has 2 N–H and O–H groups in total. The maximum absolute atomic E-state index is 12.3. The minimum Gasteiger partial charge on any atom is -0.396 e. The number of anilines is 1. The Morgan fingerprint density at radius 1 is 1.33 bits per heavy atom. The van der Waals surface area contributed by atoms with Crippen molar-refractivity contribution in [2.45, 2.75) is 55.8 Å². The molecule has 0 aromatic carbocycles. The predicted molar refractivity (Wildman–Crippen MR) is 83.0 cm³/mol. The van der Waals surface area contributed by atoms with Gasteiger partial charge in [-0.1, -0.05) is 6.42 Å². The molecule has 0 bridgehead atoms. The first-order chi connectivity index (χ1) is 9.75. The molecular weight excluding hydrogens is 288 g/mol. The van der Waals surface area contributed by atoms with Gasteiger partial charge in [0.05, 0.1) is 16.6 Å². The molecule has 1 saturated carbocycles. The summed E-state index contributed by atoms with van der Waals surface area (Å²) in [5.74, 6) is 0.267. The van der Waals surface area contributed by atoms with Gasteiger partial charge < -0.3 is 10.4 Å². The maximum Gasteiger partial charge on any atom is 0.200 e. The Kier molecular flexibility index (Phi) is 4.58. The summed E-state index contributed by atoms with van der Waals surface area (Å²) in [6.45, 7) is 5.18. The summed E-state index contributed by atoms with van der Waals surface area (Å²) in [5.41, 5.74) is 0.799. The second kappa shape index (κ2) is 5.93. The van der Waals surface area contributed by atoms with Crippen LogP contribution in [0.15, 0.2) is 23.4 Å². The van der Waals surface area contributed by atoms with Crippen molar-refractivity contribution in [3.05, 3.63) is 18.3 Å². The van der Waals surface area contributed by atoms with E-state index in [1.807, 2.05) is 0 Å². The first-order valence-electron chi connectivity index (χ1n) is 7.34. The van der Waals surface area contributed by atoms with Gasteiger partial charge in [-0.3, -0.25) is 0 Å². The molecule has 1 aromatic rings. The summed E-state index contributed by atoms with van der Waals surface area (Å²) in [6.07, 6.45) is 4.71. The monoisotopic (exact) mass is 312 g/mol. The van der Waals surface area contributed by atoms with Crippen LogP contribution < -0.4 is 5.32 Å². The van der Waals surface area contributed by atoms with Crippen molar-refractivity contribution in [1.29, 1.82) is 0 Å². The minimum absolute atomic E-state index is 0.102. The highest BCUT2D eigenvalue weighted by molar-refractivity contribution is 7.92. The number of aliphatic hydroxyl groups is 1. The molecule has 1 aliphatic carbocycles. The van der Waals surface area contributed by atoms with E-state index in [1.54, 1.807) is 39.1 Å². The number of nitrogens with zero attached hydrogens (tertiary/aromatic N) is 1. The fourth-order valence-corrected chi connectivity index (χ4v) is 3.66. The van der Waals surface area contributed by atoms with E-state index in [0.717, 1.165) is 24.9 Å². The van der Waals surface area contributed by atoms with Crippen LogP contribution in [0.1, 0.15) is 40.0 Å². The minimum atomic E-state index is -3.41. The molecular formula is C15H24N2O3S. The first kappa shape index (κ1) is 16.2. The fraction of sp³-hybridized carbons (Fsp3) is 0.667. The lowest BCUT2D eigenvalue weighted by Crippen LogP contribution is -2.29. The van der Waals surface area contributed by atoms with E-state index in [4.69, 9.17) is 0 Å². The average Bonchev–Trinajstić information content (AvgIpc) is 2.85. The smallest absolute Gasteiger partial charge is 0.200 e. The lowest BCUT2D eigenvalue weighted by Gasteiger charge is -2.21. The van der Waals surface area contributed by atoms with Gasteiger partial charge in [0.15, 0.2) is 14.9 Å². The van der Waals surface area contributed by atoms with Crippen LogP contribution in [-0.4, -0.2) is 35.9 Å². The van der Waals surface area contributed by atoms with Gasteiger partial charge in [-0.25, -0.2) is 13.4 Å². The SMILES string of the molecule is CC(C)(C)S(=O)(=O)c1ccc(N[C@@H]2CCC[C@@H]2CO)cn1. The topological polar surface area (TPSA) is 79.3 Å². The largest absolute Gasteiger partial charge is 0.396 e. The number of pyridine rings is 1. The number of nitrogens with one attached hydrogen (secondary N) is 1. The number of hydrogen-bond donors (Lipinski definition) is 2. The van der Waals surface area contributed by atoms with E-state index in [9.17, 15) is 13.5 Å². The van der Waals surface area contributed by atoms with E-state index in [-0.39, 0.29) is 23.6 Å². The molecule has 0 spiro atoms. The molecule has 0 aliphatic heterocycles. The number of sulfone groups is 1. The molecule has 1 aromatic heterocycles. The number of rotatable bonds is 4. The fourth-order valence-electron chi connectivity index (χ4n) is 2.60. The number of aliphatic hydroxyl groups excluding tert-OH is 1. The van der Waals surface area contributed by atoms with Crippen molar-refractivity contribution in [3.63, 3.8) is 0 Å². The molecule has 21 heavy (non-hydrogen) atoms. The molecule has 0 radical (unpaired) electrons. The Balaban J connectivity index is 2.13. The third-order valence-electron chi connectivity index (χ3n) is 4.06. The van der Waals surface area contributed by atoms with Crippen LogP contribution in [0.3, 0.4) is 0 Å². The zero-order chi connectivity index (χ0) is 15.7. The second-order valence-corrected chi connectivity index (χ2v) is 9.28. The van der Waals surface area contributed by atoms with E-state index in [0.29, 0.717) is 0 Å². The van der Waals surface area contributed by atoms with Gasteiger partial charge in [0.25, 0.3) is 0 Å². The van der Waals surface area contributed by atoms with Gasteiger partial charge in [-0.2, -0.15) is 0 Å². The lowest BCUT2D eigenvalue weighted by molar-refractivity contribution is 0.222.